The molecule has 2 aromatic heterocycles. The Labute approximate surface area is 363 Å². The summed E-state index contributed by atoms with van der Waals surface area (Å²) >= 11 is 3.53. The van der Waals surface area contributed by atoms with Gasteiger partial charge in [-0.1, -0.05) is 121 Å². The van der Waals surface area contributed by atoms with E-state index in [0.717, 1.165) is 41.1 Å². The Morgan fingerprint density at radius 1 is 0.500 bits per heavy atom. The molecule has 1 saturated heterocycles. The standard InChI is InChI=1S/C26H25BrN2O.C26H33N3O/c27-22-12-10-19(11-13-22)17-29-25-16-23(30-18-20-6-2-1-3-7-20)14-15-24(25)26(28-29)21-8-4-5-9-21;1-3-9-21(10-4-1)20-30-23-13-14-24-25(19-23)29(18-17-28-15-7-2-8-16-28)27-26(24)22-11-5-6-12-22/h1-3,6-7,10-16,21H,4-5,8-9,17-18H2;1,3-4,9-10,13-14,19,22H,2,5-8,11-12,15-18,20H2. The number of ether oxygens (including phenoxy) is 2. The van der Waals surface area contributed by atoms with Crippen molar-refractivity contribution in [2.24, 2.45) is 0 Å². The second-order valence-electron chi connectivity index (χ2n) is 17.0. The molecule has 0 bridgehead atoms. The number of piperidine rings is 1. The van der Waals surface area contributed by atoms with Crippen LogP contribution in [0.25, 0.3) is 21.8 Å². The Morgan fingerprint density at radius 2 is 1.00 bits per heavy atom. The average molecular weight is 865 g/mol. The molecule has 10 rings (SSSR count). The van der Waals surface area contributed by atoms with Crippen LogP contribution in [0, 0.1) is 0 Å². The van der Waals surface area contributed by atoms with E-state index in [4.69, 9.17) is 19.7 Å². The van der Waals surface area contributed by atoms with Crippen molar-refractivity contribution in [3.05, 3.63) is 154 Å². The number of rotatable bonds is 13. The number of hydrogen-bond donors (Lipinski definition) is 0. The van der Waals surface area contributed by atoms with Crippen molar-refractivity contribution >= 4 is 37.7 Å². The zero-order chi connectivity index (χ0) is 40.5. The van der Waals surface area contributed by atoms with Gasteiger partial charge < -0.3 is 14.4 Å². The van der Waals surface area contributed by atoms with Crippen molar-refractivity contribution in [2.75, 3.05) is 19.6 Å². The minimum Gasteiger partial charge on any atom is -0.489 e. The molecule has 0 N–H and O–H groups in total. The third-order valence-corrected chi connectivity index (χ3v) is 13.3. The second kappa shape index (κ2) is 19.6. The fourth-order valence-corrected chi connectivity index (χ4v) is 9.76. The zero-order valence-electron chi connectivity index (χ0n) is 34.9. The van der Waals surface area contributed by atoms with Crippen LogP contribution in [0.4, 0.5) is 0 Å². The molecule has 7 nitrogen and oxygen atoms in total. The SMILES string of the molecule is Brc1ccc(Cn2nc(C3CCCC3)c3ccc(OCc4ccccc4)cc32)cc1.c1ccc(COc2ccc3c(C4CCCC4)nn(CCN4CCCCC4)c3c2)cc1. The molecule has 0 spiro atoms. The molecule has 2 aliphatic carbocycles. The Balaban J connectivity index is 0.000000154. The number of aromatic nitrogens is 4. The highest BCUT2D eigenvalue weighted by molar-refractivity contribution is 9.10. The maximum absolute atomic E-state index is 6.13. The molecule has 60 heavy (non-hydrogen) atoms. The van der Waals surface area contributed by atoms with Gasteiger partial charge in [0.1, 0.15) is 24.7 Å². The van der Waals surface area contributed by atoms with Gasteiger partial charge in [-0.3, -0.25) is 9.36 Å². The highest BCUT2D eigenvalue weighted by Crippen LogP contribution is 2.39. The number of likely N-dealkylation sites (tertiary alicyclic amines) is 1. The Hall–Kier alpha value is -4.92. The minimum absolute atomic E-state index is 0.572. The molecule has 2 saturated carbocycles. The van der Waals surface area contributed by atoms with Crippen molar-refractivity contribution in [1.82, 2.24) is 24.5 Å². The number of benzene rings is 5. The zero-order valence-corrected chi connectivity index (χ0v) is 36.4. The molecule has 310 valence electrons. The van der Waals surface area contributed by atoms with E-state index in [2.05, 4.69) is 127 Å². The third-order valence-electron chi connectivity index (χ3n) is 12.8. The van der Waals surface area contributed by atoms with E-state index < -0.39 is 0 Å². The van der Waals surface area contributed by atoms with E-state index in [1.807, 2.05) is 24.3 Å². The van der Waals surface area contributed by atoms with Crippen molar-refractivity contribution in [2.45, 2.75) is 109 Å². The molecule has 0 atom stereocenters. The topological polar surface area (TPSA) is 57.3 Å². The quantitative estimate of drug-likeness (QED) is 0.116. The molecule has 0 radical (unpaired) electrons. The molecular weight excluding hydrogens is 807 g/mol. The van der Waals surface area contributed by atoms with Crippen LogP contribution >= 0.6 is 15.9 Å². The Morgan fingerprint density at radius 3 is 1.53 bits per heavy atom. The van der Waals surface area contributed by atoms with Crippen molar-refractivity contribution in [1.29, 1.82) is 0 Å². The maximum atomic E-state index is 6.13. The van der Waals surface area contributed by atoms with E-state index >= 15 is 0 Å². The lowest BCUT2D eigenvalue weighted by Crippen LogP contribution is -2.32. The van der Waals surface area contributed by atoms with E-state index in [-0.39, 0.29) is 0 Å². The summed E-state index contributed by atoms with van der Waals surface area (Å²) in [6, 6.07) is 42.2. The van der Waals surface area contributed by atoms with Gasteiger partial charge in [0.25, 0.3) is 0 Å². The van der Waals surface area contributed by atoms with Crippen LogP contribution in [-0.2, 0) is 26.3 Å². The van der Waals surface area contributed by atoms with Gasteiger partial charge in [-0.2, -0.15) is 10.2 Å². The molecule has 5 aromatic carbocycles. The first-order chi connectivity index (χ1) is 29.6. The highest BCUT2D eigenvalue weighted by Gasteiger charge is 2.25. The van der Waals surface area contributed by atoms with Crippen LogP contribution in [0.15, 0.2) is 126 Å². The van der Waals surface area contributed by atoms with Crippen LogP contribution in [0.2, 0.25) is 0 Å². The molecule has 3 aliphatic rings. The number of nitrogens with zero attached hydrogens (tertiary/aromatic N) is 5. The monoisotopic (exact) mass is 863 g/mol. The van der Waals surface area contributed by atoms with Gasteiger partial charge in [0.05, 0.1) is 35.5 Å². The molecule has 1 aliphatic heterocycles. The lowest BCUT2D eigenvalue weighted by atomic mass is 10.0. The van der Waals surface area contributed by atoms with Gasteiger partial charge in [0.15, 0.2) is 0 Å². The lowest BCUT2D eigenvalue weighted by molar-refractivity contribution is 0.218. The molecule has 0 amide bonds. The largest absolute Gasteiger partial charge is 0.489 e. The van der Waals surface area contributed by atoms with E-state index in [0.29, 0.717) is 25.0 Å². The van der Waals surface area contributed by atoms with Gasteiger partial charge in [0.2, 0.25) is 0 Å². The van der Waals surface area contributed by atoms with Gasteiger partial charge in [0, 0.05) is 45.8 Å². The van der Waals surface area contributed by atoms with Crippen LogP contribution < -0.4 is 9.47 Å². The van der Waals surface area contributed by atoms with Crippen molar-refractivity contribution in [3.63, 3.8) is 0 Å². The number of hydrogen-bond acceptors (Lipinski definition) is 5. The Kier molecular flexibility index (Phi) is 13.3. The molecular formula is C52H58BrN5O2. The summed E-state index contributed by atoms with van der Waals surface area (Å²) in [4.78, 5) is 2.60. The lowest BCUT2D eigenvalue weighted by Gasteiger charge is -2.26. The maximum Gasteiger partial charge on any atom is 0.121 e. The predicted molar refractivity (Wildman–Crippen MR) is 247 cm³/mol. The fourth-order valence-electron chi connectivity index (χ4n) is 9.49. The highest BCUT2D eigenvalue weighted by atomic mass is 79.9. The number of fused-ring (bicyclic) bond motifs is 2. The smallest absolute Gasteiger partial charge is 0.121 e. The van der Waals surface area contributed by atoms with Gasteiger partial charge in [-0.05, 0) is 105 Å². The van der Waals surface area contributed by atoms with Crippen LogP contribution in [0.3, 0.4) is 0 Å². The first-order valence-corrected chi connectivity index (χ1v) is 23.2. The van der Waals surface area contributed by atoms with Crippen LogP contribution in [-0.4, -0.2) is 44.1 Å². The summed E-state index contributed by atoms with van der Waals surface area (Å²) in [5.74, 6) is 3.03. The summed E-state index contributed by atoms with van der Waals surface area (Å²) in [7, 11) is 0. The molecule has 3 fully saturated rings. The van der Waals surface area contributed by atoms with Crippen LogP contribution in [0.1, 0.15) is 111 Å². The summed E-state index contributed by atoms with van der Waals surface area (Å²) in [6.07, 6.45) is 14.4. The summed E-state index contributed by atoms with van der Waals surface area (Å²) in [5, 5.41) is 12.8. The third kappa shape index (κ3) is 9.98. The molecule has 3 heterocycles. The normalized spacial score (nSPS) is 16.4. The molecule has 7 aromatic rings. The van der Waals surface area contributed by atoms with Gasteiger partial charge in [-0.25, -0.2) is 0 Å². The molecule has 0 unspecified atom stereocenters. The average Bonchev–Trinajstić information content (AvgIpc) is 4.14. The van der Waals surface area contributed by atoms with E-state index in [1.165, 1.54) is 128 Å². The van der Waals surface area contributed by atoms with E-state index in [1.54, 1.807) is 0 Å². The first-order valence-electron chi connectivity index (χ1n) is 22.4. The van der Waals surface area contributed by atoms with Gasteiger partial charge in [-0.15, -0.1) is 0 Å². The van der Waals surface area contributed by atoms with Crippen molar-refractivity contribution < 1.29 is 9.47 Å². The van der Waals surface area contributed by atoms with Gasteiger partial charge >= 0.3 is 0 Å². The van der Waals surface area contributed by atoms with Crippen molar-refractivity contribution in [3.8, 4) is 11.5 Å². The predicted octanol–water partition coefficient (Wildman–Crippen LogP) is 12.8. The van der Waals surface area contributed by atoms with Crippen LogP contribution in [0.5, 0.6) is 11.5 Å². The summed E-state index contributed by atoms with van der Waals surface area (Å²) in [5.41, 5.74) is 8.58. The molecule has 8 heteroatoms. The fraction of sp³-hybridized carbons (Fsp3) is 0.385. The second-order valence-corrected chi connectivity index (χ2v) is 18.0. The Bertz CT molecular complexity index is 2430. The number of halogens is 1. The summed E-state index contributed by atoms with van der Waals surface area (Å²) < 4.78 is 17.7. The minimum atomic E-state index is 0.572. The summed E-state index contributed by atoms with van der Waals surface area (Å²) in [6.45, 7) is 6.46. The van der Waals surface area contributed by atoms with E-state index in [9.17, 15) is 0 Å². The first kappa shape index (κ1) is 40.5.